The molecule has 0 bridgehead atoms. The van der Waals surface area contributed by atoms with Gasteiger partial charge in [0.05, 0.1) is 0 Å². The Kier molecular flexibility index (Phi) is 3.23. The van der Waals surface area contributed by atoms with E-state index >= 15 is 0 Å². The number of rotatable bonds is 2. The zero-order chi connectivity index (χ0) is 4.99. The summed E-state index contributed by atoms with van der Waals surface area (Å²) in [5.41, 5.74) is 0. The van der Waals surface area contributed by atoms with Crippen LogP contribution in [0.3, 0.4) is 0 Å². The molecule has 4 heteroatoms. The van der Waals surface area contributed by atoms with Gasteiger partial charge in [-0.05, 0) is 4.57 Å². The molecule has 6 heavy (non-hydrogen) atoms. The molecule has 0 saturated heterocycles. The van der Waals surface area contributed by atoms with Gasteiger partial charge in [0.15, 0.2) is 13.5 Å². The van der Waals surface area contributed by atoms with E-state index < -0.39 is 14.8 Å². The predicted molar refractivity (Wildman–Crippen MR) is 21.7 cm³/mol. The van der Waals surface area contributed by atoms with Crippen LogP contribution >= 0.6 is 8.03 Å². The predicted octanol–water partition coefficient (Wildman–Crippen LogP) is 0.325. The number of hydrogen-bond acceptors (Lipinski definition) is 3. The highest BCUT2D eigenvalue weighted by Gasteiger charge is 2.01. The highest BCUT2D eigenvalue weighted by atomic mass is 31.1. The SMILES string of the molecule is C[P+](=O)OCO. The van der Waals surface area contributed by atoms with Gasteiger partial charge >= 0.3 is 8.03 Å². The minimum atomic E-state index is -1.60. The molecule has 0 aliphatic rings. The quantitative estimate of drug-likeness (QED) is 0.410. The lowest BCUT2D eigenvalue weighted by molar-refractivity contribution is 0.108. The fourth-order valence-electron chi connectivity index (χ4n) is 0.0813. The molecule has 36 valence electrons. The molecule has 0 aromatic carbocycles. The van der Waals surface area contributed by atoms with Crippen molar-refractivity contribution in [1.82, 2.24) is 0 Å². The monoisotopic (exact) mass is 109 g/mol. The Morgan fingerprint density at radius 3 is 2.50 bits per heavy atom. The lowest BCUT2D eigenvalue weighted by Gasteiger charge is -1.71. The van der Waals surface area contributed by atoms with E-state index in [1.54, 1.807) is 0 Å². The first-order valence-electron chi connectivity index (χ1n) is 1.42. The molecule has 3 nitrogen and oxygen atoms in total. The van der Waals surface area contributed by atoms with Crippen LogP contribution in [0.15, 0.2) is 0 Å². The highest BCUT2D eigenvalue weighted by molar-refractivity contribution is 7.38. The summed E-state index contributed by atoms with van der Waals surface area (Å²) >= 11 is 0. The average Bonchev–Trinajstić information content (AvgIpc) is 1.35. The van der Waals surface area contributed by atoms with Crippen molar-refractivity contribution >= 4 is 8.03 Å². The molecule has 1 unspecified atom stereocenters. The van der Waals surface area contributed by atoms with Crippen LogP contribution in [0, 0.1) is 0 Å². The first-order chi connectivity index (χ1) is 2.77. The molecule has 0 aliphatic carbocycles. The average molecular weight is 109 g/mol. The molecule has 1 atom stereocenters. The maximum atomic E-state index is 9.81. The first-order valence-corrected chi connectivity index (χ1v) is 3.04. The first kappa shape index (κ1) is 6.02. The van der Waals surface area contributed by atoms with E-state index in [1.807, 2.05) is 0 Å². The summed E-state index contributed by atoms with van der Waals surface area (Å²) in [7, 11) is -1.60. The van der Waals surface area contributed by atoms with Crippen molar-refractivity contribution < 1.29 is 14.2 Å². The Labute approximate surface area is 36.8 Å². The molecule has 0 saturated carbocycles. The van der Waals surface area contributed by atoms with Gasteiger partial charge in [0.1, 0.15) is 0 Å². The highest BCUT2D eigenvalue weighted by Crippen LogP contribution is 2.12. The third-order valence-electron chi connectivity index (χ3n) is 0.240. The van der Waals surface area contributed by atoms with E-state index in [2.05, 4.69) is 4.52 Å². The Hall–Kier alpha value is 0.0200. The van der Waals surface area contributed by atoms with Gasteiger partial charge in [0, 0.05) is 0 Å². The zero-order valence-electron chi connectivity index (χ0n) is 3.42. The van der Waals surface area contributed by atoms with E-state index in [1.165, 1.54) is 6.66 Å². The molecule has 0 aromatic rings. The van der Waals surface area contributed by atoms with E-state index in [-0.39, 0.29) is 0 Å². The molecule has 0 radical (unpaired) electrons. The molecule has 0 fully saturated rings. The number of aliphatic hydroxyl groups excluding tert-OH is 1. The van der Waals surface area contributed by atoms with E-state index in [0.29, 0.717) is 0 Å². The number of hydrogen-bond donors (Lipinski definition) is 1. The van der Waals surface area contributed by atoms with Gasteiger partial charge in [-0.25, -0.2) is 0 Å². The molecule has 0 spiro atoms. The van der Waals surface area contributed by atoms with Crippen molar-refractivity contribution in [3.8, 4) is 0 Å². The maximum Gasteiger partial charge on any atom is 0.507 e. The summed E-state index contributed by atoms with van der Waals surface area (Å²) in [6, 6.07) is 0. The lowest BCUT2D eigenvalue weighted by Crippen LogP contribution is -1.77. The van der Waals surface area contributed by atoms with Crippen molar-refractivity contribution in [2.24, 2.45) is 0 Å². The molecule has 0 rings (SSSR count). The van der Waals surface area contributed by atoms with Crippen LogP contribution < -0.4 is 0 Å². The van der Waals surface area contributed by atoms with Crippen LogP contribution in [0.2, 0.25) is 0 Å². The van der Waals surface area contributed by atoms with Gasteiger partial charge in [-0.15, -0.1) is 4.52 Å². The van der Waals surface area contributed by atoms with Gasteiger partial charge in [0.25, 0.3) is 0 Å². The van der Waals surface area contributed by atoms with Crippen LogP contribution in [0.4, 0.5) is 0 Å². The minimum Gasteiger partial charge on any atom is -0.367 e. The third kappa shape index (κ3) is 4.02. The molecule has 0 aliphatic heterocycles. The summed E-state index contributed by atoms with van der Waals surface area (Å²) in [5, 5.41) is 7.83. The summed E-state index contributed by atoms with van der Waals surface area (Å²) in [6.07, 6.45) is 0. The van der Waals surface area contributed by atoms with Crippen LogP contribution in [-0.4, -0.2) is 18.6 Å². The van der Waals surface area contributed by atoms with Gasteiger partial charge in [-0.2, -0.15) is 0 Å². The van der Waals surface area contributed by atoms with Crippen molar-refractivity contribution in [3.63, 3.8) is 0 Å². The maximum absolute atomic E-state index is 9.81. The van der Waals surface area contributed by atoms with Crippen LogP contribution in [-0.2, 0) is 9.09 Å². The second-order valence-electron chi connectivity index (χ2n) is 0.698. The molecule has 0 amide bonds. The normalized spacial score (nSPS) is 11.3. The molecular weight excluding hydrogens is 103 g/mol. The van der Waals surface area contributed by atoms with E-state index in [0.717, 1.165) is 0 Å². The zero-order valence-corrected chi connectivity index (χ0v) is 4.31. The van der Waals surface area contributed by atoms with Crippen molar-refractivity contribution in [2.75, 3.05) is 13.5 Å². The second kappa shape index (κ2) is 3.22. The van der Waals surface area contributed by atoms with Crippen LogP contribution in [0.25, 0.3) is 0 Å². The Balaban J connectivity index is 2.83. The Morgan fingerprint density at radius 2 is 2.50 bits per heavy atom. The van der Waals surface area contributed by atoms with Gasteiger partial charge in [-0.3, -0.25) is 0 Å². The van der Waals surface area contributed by atoms with Crippen molar-refractivity contribution in [1.29, 1.82) is 0 Å². The summed E-state index contributed by atoms with van der Waals surface area (Å²) in [6.45, 7) is 0.928. The topological polar surface area (TPSA) is 46.5 Å². The lowest BCUT2D eigenvalue weighted by atomic mass is 11.6. The Morgan fingerprint density at radius 1 is 2.00 bits per heavy atom. The van der Waals surface area contributed by atoms with Gasteiger partial charge < -0.3 is 5.11 Å². The van der Waals surface area contributed by atoms with Crippen molar-refractivity contribution in [2.45, 2.75) is 0 Å². The molecular formula is C2H6O3P+. The van der Waals surface area contributed by atoms with Crippen LogP contribution in [0.1, 0.15) is 0 Å². The fourth-order valence-corrected chi connectivity index (χ4v) is 0.244. The molecule has 0 heterocycles. The molecule has 0 aromatic heterocycles. The largest absolute Gasteiger partial charge is 0.507 e. The molecule has 1 N–H and O–H groups in total. The summed E-state index contributed by atoms with van der Waals surface area (Å²) in [4.78, 5) is 0. The van der Waals surface area contributed by atoms with Gasteiger partial charge in [0.2, 0.25) is 0 Å². The summed E-state index contributed by atoms with van der Waals surface area (Å²) in [5.74, 6) is 0. The second-order valence-corrected chi connectivity index (χ2v) is 1.84. The Bertz CT molecular complexity index is 52.8. The van der Waals surface area contributed by atoms with E-state index in [4.69, 9.17) is 5.11 Å². The smallest absolute Gasteiger partial charge is 0.367 e. The van der Waals surface area contributed by atoms with E-state index in [9.17, 15) is 4.57 Å². The van der Waals surface area contributed by atoms with Crippen molar-refractivity contribution in [3.05, 3.63) is 0 Å². The van der Waals surface area contributed by atoms with Crippen LogP contribution in [0.5, 0.6) is 0 Å². The standard InChI is InChI=1S/C2H6O3P/c1-6(4)5-2-3/h3H,2H2,1H3/q+1. The number of aliphatic hydroxyl groups is 1. The third-order valence-corrected chi connectivity index (χ3v) is 0.719. The minimum absolute atomic E-state index is 0.453. The van der Waals surface area contributed by atoms with Gasteiger partial charge in [-0.1, -0.05) is 0 Å². The fraction of sp³-hybridized carbons (Fsp3) is 1.00. The summed E-state index contributed by atoms with van der Waals surface area (Å²) < 4.78 is 13.9.